The minimum atomic E-state index is -0.649. The van der Waals surface area contributed by atoms with E-state index < -0.39 is 5.97 Å². The molecule has 0 saturated heterocycles. The average molecular weight is 155 g/mol. The van der Waals surface area contributed by atoms with Gasteiger partial charge >= 0.3 is 11.7 Å². The summed E-state index contributed by atoms with van der Waals surface area (Å²) in [5, 5.41) is 0. The first kappa shape index (κ1) is 9.50. The Morgan fingerprint density at radius 1 is 1.73 bits per heavy atom. The van der Waals surface area contributed by atoms with Gasteiger partial charge in [-0.15, -0.1) is 0 Å². The van der Waals surface area contributed by atoms with E-state index in [1.165, 1.54) is 7.11 Å². The topological polar surface area (TPSA) is 39.9 Å². The van der Waals surface area contributed by atoms with E-state index in [9.17, 15) is 4.79 Å². The van der Waals surface area contributed by atoms with Gasteiger partial charge in [0.25, 0.3) is 0 Å². The number of methoxy groups -OCH3 is 1. The maximum Gasteiger partial charge on any atom is 0.339 e. The molecule has 0 aliphatic heterocycles. The van der Waals surface area contributed by atoms with Crippen molar-refractivity contribution in [2.24, 2.45) is 0 Å². The number of esters is 1. The number of rotatable bonds is 3. The second-order valence-electron chi connectivity index (χ2n) is 1.57. The zero-order chi connectivity index (χ0) is 8.69. The number of hydrogen-bond acceptors (Lipinski definition) is 3. The molecule has 4 nitrogen and oxygen atoms in total. The van der Waals surface area contributed by atoms with E-state index in [1.54, 1.807) is 6.92 Å². The summed E-state index contributed by atoms with van der Waals surface area (Å²) in [6, 6.07) is 0. The molecule has 0 aliphatic rings. The van der Waals surface area contributed by atoms with Crippen LogP contribution in [-0.2, 0) is 14.3 Å². The smallest absolute Gasteiger partial charge is 0.339 e. The van der Waals surface area contributed by atoms with Crippen LogP contribution in [0.3, 0.4) is 0 Å². The fourth-order valence-corrected chi connectivity index (χ4v) is 0.437. The predicted molar refractivity (Wildman–Crippen MR) is 38.3 cm³/mol. The maximum absolute atomic E-state index is 10.8. The summed E-state index contributed by atoms with van der Waals surface area (Å²) >= 11 is 0. The Kier molecular flexibility index (Phi) is 4.58. The van der Waals surface area contributed by atoms with Crippen molar-refractivity contribution in [2.75, 3.05) is 13.7 Å². The molecule has 0 bridgehead atoms. The highest BCUT2D eigenvalue weighted by Crippen LogP contribution is 1.99. The van der Waals surface area contributed by atoms with E-state index in [1.807, 2.05) is 0 Å². The van der Waals surface area contributed by atoms with Crippen LogP contribution in [0.2, 0.25) is 0 Å². The molecule has 0 unspecified atom stereocenters. The van der Waals surface area contributed by atoms with E-state index >= 15 is 0 Å². The van der Waals surface area contributed by atoms with Crippen molar-refractivity contribution in [1.82, 2.24) is 0 Å². The standard InChI is InChI=1S/C7H9NO3/c1-4-11-7(9)6(8-2)5-10-3/h5H,4H2,1,3H3/b6-5-. The first-order valence-electron chi connectivity index (χ1n) is 3.03. The van der Waals surface area contributed by atoms with Crippen molar-refractivity contribution >= 4 is 5.97 Å². The van der Waals surface area contributed by atoms with Gasteiger partial charge in [0.1, 0.15) is 0 Å². The van der Waals surface area contributed by atoms with E-state index in [0.29, 0.717) is 0 Å². The molecule has 0 amide bonds. The third kappa shape index (κ3) is 3.26. The van der Waals surface area contributed by atoms with E-state index in [0.717, 1.165) is 6.26 Å². The van der Waals surface area contributed by atoms with Gasteiger partial charge in [-0.2, -0.15) is 0 Å². The third-order valence-electron chi connectivity index (χ3n) is 0.835. The summed E-state index contributed by atoms with van der Waals surface area (Å²) in [7, 11) is 1.37. The quantitative estimate of drug-likeness (QED) is 0.264. The molecule has 0 radical (unpaired) electrons. The fourth-order valence-electron chi connectivity index (χ4n) is 0.437. The Bertz CT molecular complexity index is 202. The van der Waals surface area contributed by atoms with Crippen LogP contribution >= 0.6 is 0 Å². The molecule has 0 fully saturated rings. The van der Waals surface area contributed by atoms with E-state index in [4.69, 9.17) is 6.57 Å². The summed E-state index contributed by atoms with van der Waals surface area (Å²) in [5.41, 5.74) is -0.144. The minimum Gasteiger partial charge on any atom is -0.515 e. The molecule has 0 atom stereocenters. The highest BCUT2D eigenvalue weighted by atomic mass is 16.5. The van der Waals surface area contributed by atoms with Gasteiger partial charge in [-0.25, -0.2) is 4.85 Å². The monoisotopic (exact) mass is 155 g/mol. The Balaban J connectivity index is 4.18. The Morgan fingerprint density at radius 3 is 2.73 bits per heavy atom. The van der Waals surface area contributed by atoms with Gasteiger partial charge in [-0.05, 0) is 6.92 Å². The van der Waals surface area contributed by atoms with Gasteiger partial charge in [0.05, 0.1) is 26.6 Å². The van der Waals surface area contributed by atoms with Gasteiger partial charge in [0.15, 0.2) is 0 Å². The molecular weight excluding hydrogens is 146 g/mol. The van der Waals surface area contributed by atoms with Gasteiger partial charge in [0.2, 0.25) is 0 Å². The molecule has 0 aromatic heterocycles. The van der Waals surface area contributed by atoms with Crippen molar-refractivity contribution in [3.63, 3.8) is 0 Å². The predicted octanol–water partition coefficient (Wildman–Crippen LogP) is 0.957. The Labute approximate surface area is 65.2 Å². The zero-order valence-electron chi connectivity index (χ0n) is 6.46. The van der Waals surface area contributed by atoms with Crippen molar-refractivity contribution < 1.29 is 14.3 Å². The molecule has 0 aliphatic carbocycles. The van der Waals surface area contributed by atoms with Crippen molar-refractivity contribution in [3.05, 3.63) is 23.4 Å². The molecular formula is C7H9NO3. The van der Waals surface area contributed by atoms with Crippen LogP contribution in [-0.4, -0.2) is 19.7 Å². The number of carbonyl (C=O) groups excluding carboxylic acids is 1. The van der Waals surface area contributed by atoms with E-state index in [2.05, 4.69) is 14.3 Å². The van der Waals surface area contributed by atoms with Crippen LogP contribution in [0.5, 0.6) is 0 Å². The molecule has 0 aromatic carbocycles. The molecule has 60 valence electrons. The van der Waals surface area contributed by atoms with Crippen LogP contribution in [0, 0.1) is 6.57 Å². The summed E-state index contributed by atoms with van der Waals surface area (Å²) < 4.78 is 9.03. The Morgan fingerprint density at radius 2 is 2.36 bits per heavy atom. The normalized spacial score (nSPS) is 10.1. The van der Waals surface area contributed by atoms with Gasteiger partial charge in [0, 0.05) is 0 Å². The Hall–Kier alpha value is -1.50. The van der Waals surface area contributed by atoms with Crippen LogP contribution in [0.15, 0.2) is 12.0 Å². The largest absolute Gasteiger partial charge is 0.515 e. The summed E-state index contributed by atoms with van der Waals surface area (Å²) in [6.07, 6.45) is 1.06. The lowest BCUT2D eigenvalue weighted by molar-refractivity contribution is -0.138. The first-order chi connectivity index (χ1) is 5.26. The highest BCUT2D eigenvalue weighted by molar-refractivity contribution is 5.89. The summed E-state index contributed by atoms with van der Waals surface area (Å²) in [4.78, 5) is 13.7. The first-order valence-corrected chi connectivity index (χ1v) is 3.03. The molecule has 0 saturated carbocycles. The lowest BCUT2D eigenvalue weighted by Gasteiger charge is -1.97. The van der Waals surface area contributed by atoms with Gasteiger partial charge in [-0.3, -0.25) is 4.79 Å². The van der Waals surface area contributed by atoms with Gasteiger partial charge in [-0.1, -0.05) is 0 Å². The van der Waals surface area contributed by atoms with Crippen molar-refractivity contribution in [1.29, 1.82) is 0 Å². The maximum atomic E-state index is 10.8. The van der Waals surface area contributed by atoms with Crippen molar-refractivity contribution in [2.45, 2.75) is 6.92 Å². The SMILES string of the molecule is [C-]#[N+]/C(=C\OC)C(=O)OCC. The molecule has 4 heteroatoms. The van der Waals surface area contributed by atoms with Crippen LogP contribution in [0.25, 0.3) is 4.85 Å². The minimum absolute atomic E-state index is 0.144. The zero-order valence-corrected chi connectivity index (χ0v) is 6.46. The van der Waals surface area contributed by atoms with Gasteiger partial charge < -0.3 is 9.47 Å². The second-order valence-corrected chi connectivity index (χ2v) is 1.57. The summed E-state index contributed by atoms with van der Waals surface area (Å²) in [6.45, 7) is 8.48. The number of hydrogen-bond donors (Lipinski definition) is 0. The molecule has 0 spiro atoms. The molecule has 0 N–H and O–H groups in total. The molecule has 0 rings (SSSR count). The van der Waals surface area contributed by atoms with E-state index in [-0.39, 0.29) is 12.3 Å². The van der Waals surface area contributed by atoms with Crippen LogP contribution < -0.4 is 0 Å². The number of nitrogens with zero attached hydrogens (tertiary/aromatic N) is 1. The van der Waals surface area contributed by atoms with Crippen LogP contribution in [0.4, 0.5) is 0 Å². The number of ether oxygens (including phenoxy) is 2. The molecule has 0 heterocycles. The summed E-state index contributed by atoms with van der Waals surface area (Å²) in [5.74, 6) is -0.649. The lowest BCUT2D eigenvalue weighted by atomic mass is 10.5. The third-order valence-corrected chi connectivity index (χ3v) is 0.835. The fraction of sp³-hybridized carbons (Fsp3) is 0.429. The number of carbonyl (C=O) groups is 1. The lowest BCUT2D eigenvalue weighted by Crippen LogP contribution is -2.05. The molecule has 11 heavy (non-hydrogen) atoms. The second kappa shape index (κ2) is 5.30. The highest BCUT2D eigenvalue weighted by Gasteiger charge is 2.09. The molecule has 0 aromatic rings. The average Bonchev–Trinajstić information content (AvgIpc) is 2.00. The van der Waals surface area contributed by atoms with Crippen LogP contribution in [0.1, 0.15) is 6.92 Å². The van der Waals surface area contributed by atoms with Crippen molar-refractivity contribution in [3.8, 4) is 0 Å².